The van der Waals surface area contributed by atoms with Crippen LogP contribution in [-0.4, -0.2) is 42.0 Å². The number of amides is 1. The highest BCUT2D eigenvalue weighted by molar-refractivity contribution is 8.26. The normalized spacial score (nSPS) is 14.7. The van der Waals surface area contributed by atoms with Gasteiger partial charge >= 0.3 is 0 Å². The average molecular weight is 490 g/mol. The van der Waals surface area contributed by atoms with Crippen molar-refractivity contribution in [3.05, 3.63) is 70.1 Å². The minimum absolute atomic E-state index is 0.139. The first-order valence-electron chi connectivity index (χ1n) is 9.99. The summed E-state index contributed by atoms with van der Waals surface area (Å²) < 4.78 is 17.8. The van der Waals surface area contributed by atoms with Gasteiger partial charge in [-0.15, -0.1) is 6.58 Å². The number of nitrogens with zero attached hydrogens (tertiary/aromatic N) is 1. The summed E-state index contributed by atoms with van der Waals surface area (Å²) in [6.07, 6.45) is 4.11. The molecule has 1 fully saturated rings. The van der Waals surface area contributed by atoms with Crippen molar-refractivity contribution >= 4 is 51.9 Å². The number of thioether (sulfide) groups is 1. The molecule has 168 valence electrons. The fourth-order valence-electron chi connectivity index (χ4n) is 3.02. The number of benzene rings is 2. The fraction of sp³-hybridized carbons (Fsp3) is 0.250. The van der Waals surface area contributed by atoms with Gasteiger partial charge in [-0.2, -0.15) is 0 Å². The molecule has 0 spiro atoms. The molecule has 1 aliphatic heterocycles. The van der Waals surface area contributed by atoms with E-state index in [9.17, 15) is 4.79 Å². The zero-order valence-corrected chi connectivity index (χ0v) is 20.3. The van der Waals surface area contributed by atoms with Crippen molar-refractivity contribution in [3.8, 4) is 17.2 Å². The van der Waals surface area contributed by atoms with Gasteiger partial charge in [-0.05, 0) is 42.8 Å². The molecule has 0 atom stereocenters. The number of carbonyl (C=O) groups excluding carboxylic acids is 1. The van der Waals surface area contributed by atoms with Crippen LogP contribution in [0.3, 0.4) is 0 Å². The van der Waals surface area contributed by atoms with Gasteiger partial charge in [0.2, 0.25) is 0 Å². The van der Waals surface area contributed by atoms with Crippen molar-refractivity contribution in [1.29, 1.82) is 0 Å². The van der Waals surface area contributed by atoms with Gasteiger partial charge in [0.1, 0.15) is 10.1 Å². The molecule has 0 saturated carbocycles. The fourth-order valence-corrected chi connectivity index (χ4v) is 4.40. The van der Waals surface area contributed by atoms with Crippen LogP contribution in [0.25, 0.3) is 6.08 Å². The number of hydrogen-bond acceptors (Lipinski definition) is 6. The van der Waals surface area contributed by atoms with Crippen molar-refractivity contribution in [2.75, 3.05) is 26.9 Å². The molecule has 0 aliphatic carbocycles. The van der Waals surface area contributed by atoms with Crippen molar-refractivity contribution < 1.29 is 19.0 Å². The van der Waals surface area contributed by atoms with Crippen molar-refractivity contribution in [1.82, 2.24) is 4.90 Å². The van der Waals surface area contributed by atoms with Crippen molar-refractivity contribution in [2.24, 2.45) is 0 Å². The van der Waals surface area contributed by atoms with E-state index in [0.717, 1.165) is 16.9 Å². The van der Waals surface area contributed by atoms with Gasteiger partial charge < -0.3 is 14.2 Å². The van der Waals surface area contributed by atoms with E-state index in [2.05, 4.69) is 6.58 Å². The smallest absolute Gasteiger partial charge is 0.266 e. The van der Waals surface area contributed by atoms with E-state index in [1.165, 1.54) is 16.7 Å². The zero-order chi connectivity index (χ0) is 23.1. The number of para-hydroxylation sites is 1. The Bertz CT molecular complexity index is 1050. The van der Waals surface area contributed by atoms with E-state index in [0.29, 0.717) is 51.9 Å². The summed E-state index contributed by atoms with van der Waals surface area (Å²) in [4.78, 5) is 14.7. The molecule has 1 heterocycles. The molecule has 0 N–H and O–H groups in total. The zero-order valence-electron chi connectivity index (χ0n) is 17.9. The molecule has 1 amide bonds. The van der Waals surface area contributed by atoms with Crippen LogP contribution in [0.1, 0.15) is 17.5 Å². The van der Waals surface area contributed by atoms with Crippen LogP contribution in [0.5, 0.6) is 17.2 Å². The van der Waals surface area contributed by atoms with E-state index in [-0.39, 0.29) is 5.91 Å². The molecule has 0 unspecified atom stereocenters. The second kappa shape index (κ2) is 11.4. The Kier molecular flexibility index (Phi) is 8.61. The predicted octanol–water partition coefficient (Wildman–Crippen LogP) is 5.89. The second-order valence-corrected chi connectivity index (χ2v) is 9.00. The Labute approximate surface area is 203 Å². The number of aryl methyl sites for hydroxylation is 1. The molecule has 8 heteroatoms. The number of thiocarbonyl (C=S) groups is 1. The Morgan fingerprint density at radius 1 is 1.22 bits per heavy atom. The summed E-state index contributed by atoms with van der Waals surface area (Å²) in [6, 6.07) is 11.1. The summed E-state index contributed by atoms with van der Waals surface area (Å²) in [5.74, 6) is 1.80. The summed E-state index contributed by atoms with van der Waals surface area (Å²) in [5, 5.41) is 0.714. The number of halogens is 1. The third kappa shape index (κ3) is 5.85. The van der Waals surface area contributed by atoms with E-state index in [1.807, 2.05) is 43.3 Å². The molecule has 0 aromatic heterocycles. The van der Waals surface area contributed by atoms with E-state index in [4.69, 9.17) is 38.0 Å². The van der Waals surface area contributed by atoms with Gasteiger partial charge in [0.05, 0.1) is 25.2 Å². The molecule has 32 heavy (non-hydrogen) atoms. The number of ether oxygens (including phenoxy) is 3. The predicted molar refractivity (Wildman–Crippen MR) is 135 cm³/mol. The maximum Gasteiger partial charge on any atom is 0.266 e. The van der Waals surface area contributed by atoms with Crippen LogP contribution in [0.2, 0.25) is 5.02 Å². The number of carbonyl (C=O) groups is 1. The topological polar surface area (TPSA) is 48.0 Å². The molecular weight excluding hydrogens is 466 g/mol. The molecule has 3 rings (SSSR count). The minimum atomic E-state index is -0.139. The molecule has 5 nitrogen and oxygen atoms in total. The molecule has 1 aliphatic rings. The lowest BCUT2D eigenvalue weighted by atomic mass is 10.1. The third-order valence-corrected chi connectivity index (χ3v) is 6.44. The Hall–Kier alpha value is -2.48. The van der Waals surface area contributed by atoms with Gasteiger partial charge in [0, 0.05) is 23.6 Å². The first kappa shape index (κ1) is 24.2. The SMILES string of the molecule is C=CCN1C(=O)C(=Cc2cccc(OC)c2OCCCOc2ccc(Cl)c(C)c2)SC1=S. The Morgan fingerprint density at radius 2 is 2.00 bits per heavy atom. The molecular formula is C24H24ClNO4S2. The van der Waals surface area contributed by atoms with E-state index < -0.39 is 0 Å². The summed E-state index contributed by atoms with van der Waals surface area (Å²) in [6.45, 7) is 6.92. The standard InChI is InChI=1S/C24H24ClNO4S2/c1-4-11-26-23(27)21(32-24(26)31)15-17-7-5-8-20(28-3)22(17)30-13-6-12-29-18-9-10-19(25)16(2)14-18/h4-5,7-10,14-15H,1,6,11-13H2,2-3H3. The van der Waals surface area contributed by atoms with Gasteiger partial charge in [-0.1, -0.05) is 53.8 Å². The van der Waals surface area contributed by atoms with Gasteiger partial charge in [0.15, 0.2) is 11.5 Å². The maximum atomic E-state index is 12.7. The lowest BCUT2D eigenvalue weighted by Crippen LogP contribution is -2.27. The van der Waals surface area contributed by atoms with Crippen LogP contribution in [-0.2, 0) is 4.79 Å². The lowest BCUT2D eigenvalue weighted by molar-refractivity contribution is -0.121. The van der Waals surface area contributed by atoms with Gasteiger partial charge in [-0.3, -0.25) is 9.69 Å². The summed E-state index contributed by atoms with van der Waals surface area (Å²) in [7, 11) is 1.58. The van der Waals surface area contributed by atoms with Crippen molar-refractivity contribution in [3.63, 3.8) is 0 Å². The van der Waals surface area contributed by atoms with Crippen molar-refractivity contribution in [2.45, 2.75) is 13.3 Å². The van der Waals surface area contributed by atoms with Gasteiger partial charge in [-0.25, -0.2) is 0 Å². The van der Waals surface area contributed by atoms with Crippen LogP contribution in [0, 0.1) is 6.92 Å². The number of rotatable bonds is 10. The minimum Gasteiger partial charge on any atom is -0.493 e. The highest BCUT2D eigenvalue weighted by Gasteiger charge is 2.31. The number of methoxy groups -OCH3 is 1. The van der Waals surface area contributed by atoms with Gasteiger partial charge in [0.25, 0.3) is 5.91 Å². The maximum absolute atomic E-state index is 12.7. The molecule has 1 saturated heterocycles. The van der Waals surface area contributed by atoms with Crippen LogP contribution in [0.15, 0.2) is 54.0 Å². The Morgan fingerprint density at radius 3 is 2.72 bits per heavy atom. The largest absolute Gasteiger partial charge is 0.493 e. The second-order valence-electron chi connectivity index (χ2n) is 6.92. The first-order chi connectivity index (χ1) is 15.4. The summed E-state index contributed by atoms with van der Waals surface area (Å²) in [5.41, 5.74) is 1.72. The molecule has 0 radical (unpaired) electrons. The monoisotopic (exact) mass is 489 g/mol. The highest BCUT2D eigenvalue weighted by Crippen LogP contribution is 2.37. The molecule has 2 aromatic rings. The van der Waals surface area contributed by atoms with E-state index >= 15 is 0 Å². The van der Waals surface area contributed by atoms with Crippen LogP contribution in [0.4, 0.5) is 0 Å². The summed E-state index contributed by atoms with van der Waals surface area (Å²) >= 11 is 12.6. The van der Waals surface area contributed by atoms with Crippen LogP contribution < -0.4 is 14.2 Å². The first-order valence-corrected chi connectivity index (χ1v) is 11.6. The third-order valence-electron chi connectivity index (χ3n) is 4.63. The van der Waals surface area contributed by atoms with Crippen LogP contribution >= 0.6 is 35.6 Å². The molecule has 0 bridgehead atoms. The quantitative estimate of drug-likeness (QED) is 0.179. The average Bonchev–Trinajstić information content (AvgIpc) is 3.04. The molecule has 2 aromatic carbocycles. The highest BCUT2D eigenvalue weighted by atomic mass is 35.5. The van der Waals surface area contributed by atoms with E-state index in [1.54, 1.807) is 19.3 Å². The number of hydrogen-bond donors (Lipinski definition) is 0. The lowest BCUT2D eigenvalue weighted by Gasteiger charge is -2.14. The Balaban J connectivity index is 1.66.